The molecule has 0 saturated heterocycles. The van der Waals surface area contributed by atoms with E-state index in [4.69, 9.17) is 5.73 Å². The van der Waals surface area contributed by atoms with Gasteiger partial charge >= 0.3 is 5.97 Å². The fourth-order valence-electron chi connectivity index (χ4n) is 1.83. The first kappa shape index (κ1) is 11.5. The lowest BCUT2D eigenvalue weighted by Gasteiger charge is -2.11. The lowest BCUT2D eigenvalue weighted by molar-refractivity contribution is -0.142. The second-order valence-electron chi connectivity index (χ2n) is 3.85. The molecule has 2 rings (SSSR count). The van der Waals surface area contributed by atoms with Crippen molar-refractivity contribution in [2.75, 3.05) is 7.11 Å². The second kappa shape index (κ2) is 4.93. The molecule has 17 heavy (non-hydrogen) atoms. The molecule has 1 unspecified atom stereocenters. The minimum Gasteiger partial charge on any atom is -0.468 e. The molecule has 0 aliphatic carbocycles. The van der Waals surface area contributed by atoms with E-state index in [2.05, 4.69) is 9.72 Å². The van der Waals surface area contributed by atoms with E-state index >= 15 is 0 Å². The first-order valence-electron chi connectivity index (χ1n) is 5.37. The summed E-state index contributed by atoms with van der Waals surface area (Å²) in [4.78, 5) is 15.4. The van der Waals surface area contributed by atoms with Crippen LogP contribution in [0, 0.1) is 0 Å². The summed E-state index contributed by atoms with van der Waals surface area (Å²) < 4.78 is 4.62. The number of fused-ring (bicyclic) bond motifs is 1. The van der Waals surface area contributed by atoms with Crippen LogP contribution < -0.4 is 5.73 Å². The molecular weight excluding hydrogens is 216 g/mol. The maximum Gasteiger partial charge on any atom is 0.322 e. The summed E-state index contributed by atoms with van der Waals surface area (Å²) in [5.41, 5.74) is 6.76. The Kier molecular flexibility index (Phi) is 3.35. The highest BCUT2D eigenvalue weighted by atomic mass is 16.5. The first-order chi connectivity index (χ1) is 8.22. The number of nitrogens with zero attached hydrogens (tertiary/aromatic N) is 1. The number of hydrogen-bond acceptors (Lipinski definition) is 4. The molecule has 1 aromatic heterocycles. The van der Waals surface area contributed by atoms with Gasteiger partial charge in [-0.1, -0.05) is 18.2 Å². The molecule has 0 aliphatic rings. The molecule has 1 aromatic carbocycles. The summed E-state index contributed by atoms with van der Waals surface area (Å²) in [6, 6.07) is 7.20. The van der Waals surface area contributed by atoms with Crippen LogP contribution in [0.5, 0.6) is 0 Å². The zero-order valence-corrected chi connectivity index (χ0v) is 9.59. The quantitative estimate of drug-likeness (QED) is 0.807. The van der Waals surface area contributed by atoms with Crippen LogP contribution in [0.3, 0.4) is 0 Å². The monoisotopic (exact) mass is 230 g/mol. The molecule has 1 atom stereocenters. The largest absolute Gasteiger partial charge is 0.468 e. The third-order valence-electron chi connectivity index (χ3n) is 2.72. The Morgan fingerprint density at radius 3 is 3.06 bits per heavy atom. The lowest BCUT2D eigenvalue weighted by Crippen LogP contribution is -2.33. The number of rotatable bonds is 3. The van der Waals surface area contributed by atoms with Crippen molar-refractivity contribution in [1.29, 1.82) is 0 Å². The SMILES string of the molecule is COC(=O)C(N)Cc1cccc2ccncc12. The number of pyridine rings is 1. The first-order valence-corrected chi connectivity index (χ1v) is 5.37. The molecule has 4 nitrogen and oxygen atoms in total. The average Bonchev–Trinajstić information content (AvgIpc) is 2.38. The van der Waals surface area contributed by atoms with Crippen molar-refractivity contribution in [2.24, 2.45) is 5.73 Å². The van der Waals surface area contributed by atoms with Gasteiger partial charge in [0.2, 0.25) is 0 Å². The highest BCUT2D eigenvalue weighted by Crippen LogP contribution is 2.18. The molecule has 2 aromatic rings. The maximum atomic E-state index is 11.3. The molecule has 0 aliphatic heterocycles. The van der Waals surface area contributed by atoms with Crippen molar-refractivity contribution in [2.45, 2.75) is 12.5 Å². The van der Waals surface area contributed by atoms with Crippen molar-refractivity contribution in [3.63, 3.8) is 0 Å². The number of nitrogens with two attached hydrogens (primary N) is 1. The van der Waals surface area contributed by atoms with Crippen molar-refractivity contribution in [3.8, 4) is 0 Å². The Balaban J connectivity index is 2.33. The Morgan fingerprint density at radius 1 is 1.47 bits per heavy atom. The Bertz CT molecular complexity index is 534. The number of carbonyl (C=O) groups is 1. The smallest absolute Gasteiger partial charge is 0.322 e. The molecule has 0 bridgehead atoms. The summed E-state index contributed by atoms with van der Waals surface area (Å²) in [6.07, 6.45) is 3.98. The van der Waals surface area contributed by atoms with Crippen LogP contribution in [0.25, 0.3) is 10.8 Å². The van der Waals surface area contributed by atoms with Gasteiger partial charge in [0.05, 0.1) is 7.11 Å². The van der Waals surface area contributed by atoms with Gasteiger partial charge < -0.3 is 10.5 Å². The van der Waals surface area contributed by atoms with Gasteiger partial charge in [0.1, 0.15) is 6.04 Å². The number of benzene rings is 1. The van der Waals surface area contributed by atoms with Gasteiger partial charge in [0, 0.05) is 17.8 Å². The number of ether oxygens (including phenoxy) is 1. The number of hydrogen-bond donors (Lipinski definition) is 1. The van der Waals surface area contributed by atoms with Crippen LogP contribution in [-0.4, -0.2) is 24.1 Å². The lowest BCUT2D eigenvalue weighted by atomic mass is 10.0. The minimum absolute atomic E-state index is 0.397. The summed E-state index contributed by atoms with van der Waals surface area (Å²) in [6.45, 7) is 0. The van der Waals surface area contributed by atoms with E-state index in [0.29, 0.717) is 6.42 Å². The van der Waals surface area contributed by atoms with Crippen molar-refractivity contribution in [1.82, 2.24) is 4.98 Å². The molecule has 0 amide bonds. The second-order valence-corrected chi connectivity index (χ2v) is 3.85. The number of carbonyl (C=O) groups excluding carboxylic acids is 1. The predicted molar refractivity (Wildman–Crippen MR) is 65.4 cm³/mol. The number of aromatic nitrogens is 1. The molecule has 4 heteroatoms. The molecule has 0 spiro atoms. The highest BCUT2D eigenvalue weighted by molar-refractivity contribution is 5.85. The zero-order chi connectivity index (χ0) is 12.3. The van der Waals surface area contributed by atoms with E-state index in [1.165, 1.54) is 7.11 Å². The topological polar surface area (TPSA) is 65.2 Å². The van der Waals surface area contributed by atoms with Crippen molar-refractivity contribution in [3.05, 3.63) is 42.2 Å². The molecule has 2 N–H and O–H groups in total. The Hall–Kier alpha value is -1.94. The molecular formula is C13H14N2O2. The molecule has 0 saturated carbocycles. The van der Waals surface area contributed by atoms with Crippen LogP contribution >= 0.6 is 0 Å². The van der Waals surface area contributed by atoms with Gasteiger partial charge in [0.15, 0.2) is 0 Å². The van der Waals surface area contributed by atoms with E-state index in [1.807, 2.05) is 24.3 Å². The summed E-state index contributed by atoms with van der Waals surface area (Å²) in [7, 11) is 1.34. The third kappa shape index (κ3) is 2.42. The molecule has 0 radical (unpaired) electrons. The Labute approximate surface area is 99.4 Å². The van der Waals surface area contributed by atoms with Gasteiger partial charge in [-0.25, -0.2) is 0 Å². The van der Waals surface area contributed by atoms with Gasteiger partial charge in [-0.05, 0) is 23.4 Å². The number of esters is 1. The van der Waals surface area contributed by atoms with Crippen LogP contribution in [0.4, 0.5) is 0 Å². The third-order valence-corrected chi connectivity index (χ3v) is 2.72. The highest BCUT2D eigenvalue weighted by Gasteiger charge is 2.15. The summed E-state index contributed by atoms with van der Waals surface area (Å²) in [5, 5.41) is 2.11. The molecule has 1 heterocycles. The fourth-order valence-corrected chi connectivity index (χ4v) is 1.83. The summed E-state index contributed by atoms with van der Waals surface area (Å²) >= 11 is 0. The molecule has 88 valence electrons. The van der Waals surface area contributed by atoms with E-state index in [9.17, 15) is 4.79 Å². The van der Waals surface area contributed by atoms with Crippen molar-refractivity contribution >= 4 is 16.7 Å². The van der Waals surface area contributed by atoms with E-state index in [-0.39, 0.29) is 0 Å². The van der Waals surface area contributed by atoms with E-state index in [0.717, 1.165) is 16.3 Å². The zero-order valence-electron chi connectivity index (χ0n) is 9.59. The van der Waals surface area contributed by atoms with Crippen LogP contribution in [0.2, 0.25) is 0 Å². The predicted octanol–water partition coefficient (Wildman–Crippen LogP) is 1.28. The van der Waals surface area contributed by atoms with Gasteiger partial charge in [-0.3, -0.25) is 9.78 Å². The summed E-state index contributed by atoms with van der Waals surface area (Å²) in [5.74, 6) is -0.397. The van der Waals surface area contributed by atoms with E-state index < -0.39 is 12.0 Å². The van der Waals surface area contributed by atoms with Crippen LogP contribution in [0.15, 0.2) is 36.7 Å². The number of methoxy groups -OCH3 is 1. The van der Waals surface area contributed by atoms with Crippen LogP contribution in [-0.2, 0) is 16.0 Å². The van der Waals surface area contributed by atoms with Gasteiger partial charge in [-0.2, -0.15) is 0 Å². The minimum atomic E-state index is -0.634. The fraction of sp³-hybridized carbons (Fsp3) is 0.231. The standard InChI is InChI=1S/C13H14N2O2/c1-17-13(16)12(14)7-10-4-2-3-9-5-6-15-8-11(9)10/h2-6,8,12H,7,14H2,1H3. The van der Waals surface area contributed by atoms with Gasteiger partial charge in [-0.15, -0.1) is 0 Å². The Morgan fingerprint density at radius 2 is 2.29 bits per heavy atom. The average molecular weight is 230 g/mol. The van der Waals surface area contributed by atoms with E-state index in [1.54, 1.807) is 12.4 Å². The normalized spacial score (nSPS) is 12.4. The molecule has 0 fully saturated rings. The van der Waals surface area contributed by atoms with Gasteiger partial charge in [0.25, 0.3) is 0 Å². The van der Waals surface area contributed by atoms with Crippen molar-refractivity contribution < 1.29 is 9.53 Å². The maximum absolute atomic E-state index is 11.3. The van der Waals surface area contributed by atoms with Crippen LogP contribution in [0.1, 0.15) is 5.56 Å².